The third-order valence-electron chi connectivity index (χ3n) is 2.93. The van der Waals surface area contributed by atoms with Crippen LogP contribution in [0.4, 0.5) is 0 Å². The molecule has 0 bridgehead atoms. The molecule has 0 fully saturated rings. The molecule has 0 N–H and O–H groups in total. The lowest BCUT2D eigenvalue weighted by molar-refractivity contribution is 0.423. The number of hydrogen-bond donors (Lipinski definition) is 0. The van der Waals surface area contributed by atoms with Crippen LogP contribution in [0.3, 0.4) is 0 Å². The molecule has 0 saturated heterocycles. The van der Waals surface area contributed by atoms with Crippen LogP contribution >= 0.6 is 23.2 Å². The molecule has 7 heteroatoms. The van der Waals surface area contributed by atoms with Crippen molar-refractivity contribution in [1.82, 2.24) is 9.29 Å². The average Bonchev–Trinajstić information content (AvgIpc) is 2.44. The summed E-state index contributed by atoms with van der Waals surface area (Å²) >= 11 is 11.8. The predicted octanol–water partition coefficient (Wildman–Crippen LogP) is 3.60. The third kappa shape index (κ3) is 3.95. The number of pyridine rings is 1. The number of benzene rings is 1. The van der Waals surface area contributed by atoms with E-state index < -0.39 is 10.0 Å². The van der Waals surface area contributed by atoms with Crippen molar-refractivity contribution in [2.45, 2.75) is 18.4 Å². The maximum absolute atomic E-state index is 12.7. The summed E-state index contributed by atoms with van der Waals surface area (Å²) in [6.07, 6.45) is 3.26. The summed E-state index contributed by atoms with van der Waals surface area (Å²) in [5.41, 5.74) is 0.864. The van der Waals surface area contributed by atoms with Crippen molar-refractivity contribution in [2.75, 3.05) is 6.54 Å². The molecule has 2 aromatic rings. The standard InChI is InChI=1S/C14H14Cl2N2O2S/c1-2-18(10-11-3-5-17-6-4-11)21(19,20)14-8-12(15)7-13(16)9-14/h3-9H,2,10H2,1H3. The first-order chi connectivity index (χ1) is 9.93. The molecule has 0 aliphatic carbocycles. The Hall–Kier alpha value is -1.14. The number of nitrogens with zero attached hydrogens (tertiary/aromatic N) is 2. The zero-order chi connectivity index (χ0) is 15.5. The molecule has 21 heavy (non-hydrogen) atoms. The molecule has 1 aromatic heterocycles. The molecule has 0 aliphatic heterocycles. The highest BCUT2D eigenvalue weighted by Gasteiger charge is 2.24. The van der Waals surface area contributed by atoms with Gasteiger partial charge in [-0.05, 0) is 35.9 Å². The minimum atomic E-state index is -3.65. The Bertz CT molecular complexity index is 701. The van der Waals surface area contributed by atoms with E-state index in [1.165, 1.54) is 22.5 Å². The molecule has 1 heterocycles. The third-order valence-corrected chi connectivity index (χ3v) is 5.27. The van der Waals surface area contributed by atoms with Gasteiger partial charge in [-0.15, -0.1) is 0 Å². The van der Waals surface area contributed by atoms with Crippen molar-refractivity contribution in [1.29, 1.82) is 0 Å². The molecule has 1 aromatic carbocycles. The number of hydrogen-bond acceptors (Lipinski definition) is 3. The molecular formula is C14H14Cl2N2O2S. The molecule has 0 unspecified atom stereocenters. The highest BCUT2D eigenvalue weighted by atomic mass is 35.5. The van der Waals surface area contributed by atoms with Crippen LogP contribution in [0.1, 0.15) is 12.5 Å². The number of aromatic nitrogens is 1. The minimum Gasteiger partial charge on any atom is -0.265 e. The molecule has 0 aliphatic rings. The van der Waals surface area contributed by atoms with Crippen molar-refractivity contribution in [3.63, 3.8) is 0 Å². The second-order valence-electron chi connectivity index (χ2n) is 4.39. The summed E-state index contributed by atoms with van der Waals surface area (Å²) in [6.45, 7) is 2.39. The summed E-state index contributed by atoms with van der Waals surface area (Å²) in [6, 6.07) is 7.86. The van der Waals surface area contributed by atoms with Crippen LogP contribution in [0.15, 0.2) is 47.6 Å². The Morgan fingerprint density at radius 1 is 1.10 bits per heavy atom. The highest BCUT2D eigenvalue weighted by molar-refractivity contribution is 7.89. The van der Waals surface area contributed by atoms with Crippen LogP contribution in [0.25, 0.3) is 0 Å². The van der Waals surface area contributed by atoms with Gasteiger partial charge >= 0.3 is 0 Å². The van der Waals surface area contributed by atoms with E-state index >= 15 is 0 Å². The summed E-state index contributed by atoms with van der Waals surface area (Å²) in [7, 11) is -3.65. The molecule has 0 atom stereocenters. The van der Waals surface area contributed by atoms with Gasteiger partial charge in [-0.3, -0.25) is 4.98 Å². The van der Waals surface area contributed by atoms with Crippen molar-refractivity contribution in [3.8, 4) is 0 Å². The topological polar surface area (TPSA) is 50.3 Å². The maximum atomic E-state index is 12.7. The Balaban J connectivity index is 2.35. The lowest BCUT2D eigenvalue weighted by Crippen LogP contribution is -2.30. The van der Waals surface area contributed by atoms with E-state index in [1.807, 2.05) is 0 Å². The molecule has 112 valence electrons. The Kier molecular flexibility index (Phi) is 5.22. The van der Waals surface area contributed by atoms with E-state index in [0.717, 1.165) is 5.56 Å². The predicted molar refractivity (Wildman–Crippen MR) is 84.0 cm³/mol. The molecule has 0 radical (unpaired) electrons. The minimum absolute atomic E-state index is 0.0934. The lowest BCUT2D eigenvalue weighted by atomic mass is 10.3. The van der Waals surface area contributed by atoms with Crippen LogP contribution in [-0.2, 0) is 16.6 Å². The van der Waals surface area contributed by atoms with Gasteiger partial charge in [0.25, 0.3) is 0 Å². The molecule has 2 rings (SSSR count). The summed E-state index contributed by atoms with van der Waals surface area (Å²) in [4.78, 5) is 4.01. The zero-order valence-electron chi connectivity index (χ0n) is 11.3. The van der Waals surface area contributed by atoms with E-state index in [2.05, 4.69) is 4.98 Å². The summed E-state index contributed by atoms with van der Waals surface area (Å²) < 4.78 is 26.7. The number of rotatable bonds is 5. The van der Waals surface area contributed by atoms with E-state index in [1.54, 1.807) is 31.5 Å². The SMILES string of the molecule is CCN(Cc1ccncc1)S(=O)(=O)c1cc(Cl)cc(Cl)c1. The fourth-order valence-corrected chi connectivity index (χ4v) is 4.05. The van der Waals surface area contributed by atoms with Gasteiger partial charge in [0.05, 0.1) is 4.90 Å². The summed E-state index contributed by atoms with van der Waals surface area (Å²) in [5.74, 6) is 0. The first-order valence-corrected chi connectivity index (χ1v) is 8.48. The molecule has 0 saturated carbocycles. The zero-order valence-corrected chi connectivity index (χ0v) is 13.7. The fourth-order valence-electron chi connectivity index (χ4n) is 1.89. The van der Waals surface area contributed by atoms with Crippen molar-refractivity contribution < 1.29 is 8.42 Å². The molecule has 0 amide bonds. The Morgan fingerprint density at radius 2 is 1.67 bits per heavy atom. The Morgan fingerprint density at radius 3 is 2.19 bits per heavy atom. The smallest absolute Gasteiger partial charge is 0.243 e. The van der Waals surface area contributed by atoms with Crippen LogP contribution in [-0.4, -0.2) is 24.3 Å². The van der Waals surface area contributed by atoms with Crippen molar-refractivity contribution >= 4 is 33.2 Å². The van der Waals surface area contributed by atoms with Gasteiger partial charge in [0.2, 0.25) is 10.0 Å². The normalized spacial score (nSPS) is 11.8. The van der Waals surface area contributed by atoms with Gasteiger partial charge < -0.3 is 0 Å². The van der Waals surface area contributed by atoms with E-state index in [-0.39, 0.29) is 11.4 Å². The Labute approximate surface area is 134 Å². The quantitative estimate of drug-likeness (QED) is 0.832. The van der Waals surface area contributed by atoms with E-state index in [0.29, 0.717) is 16.6 Å². The lowest BCUT2D eigenvalue weighted by Gasteiger charge is -2.20. The van der Waals surface area contributed by atoms with Gasteiger partial charge in [-0.25, -0.2) is 8.42 Å². The van der Waals surface area contributed by atoms with E-state index in [4.69, 9.17) is 23.2 Å². The maximum Gasteiger partial charge on any atom is 0.243 e. The van der Waals surface area contributed by atoms with Crippen molar-refractivity contribution in [2.24, 2.45) is 0 Å². The summed E-state index contributed by atoms with van der Waals surface area (Å²) in [5, 5.41) is 0.585. The van der Waals surface area contributed by atoms with Gasteiger partial charge in [0.1, 0.15) is 0 Å². The van der Waals surface area contributed by atoms with Crippen LogP contribution < -0.4 is 0 Å². The monoisotopic (exact) mass is 344 g/mol. The molecule has 4 nitrogen and oxygen atoms in total. The first kappa shape index (κ1) is 16.2. The number of sulfonamides is 1. The average molecular weight is 345 g/mol. The van der Waals surface area contributed by atoms with Gasteiger partial charge in [-0.2, -0.15) is 4.31 Å². The van der Waals surface area contributed by atoms with Crippen LogP contribution in [0.2, 0.25) is 10.0 Å². The molecular weight excluding hydrogens is 331 g/mol. The van der Waals surface area contributed by atoms with Gasteiger partial charge in [0, 0.05) is 35.5 Å². The van der Waals surface area contributed by atoms with Crippen LogP contribution in [0, 0.1) is 0 Å². The van der Waals surface area contributed by atoms with Gasteiger partial charge in [0.15, 0.2) is 0 Å². The second kappa shape index (κ2) is 6.75. The van der Waals surface area contributed by atoms with Crippen LogP contribution in [0.5, 0.6) is 0 Å². The number of halogens is 2. The first-order valence-electron chi connectivity index (χ1n) is 6.28. The van der Waals surface area contributed by atoms with Gasteiger partial charge in [-0.1, -0.05) is 30.1 Å². The molecule has 0 spiro atoms. The fraction of sp³-hybridized carbons (Fsp3) is 0.214. The second-order valence-corrected chi connectivity index (χ2v) is 7.20. The largest absolute Gasteiger partial charge is 0.265 e. The van der Waals surface area contributed by atoms with E-state index in [9.17, 15) is 8.42 Å². The highest BCUT2D eigenvalue weighted by Crippen LogP contribution is 2.25. The van der Waals surface area contributed by atoms with Crippen molar-refractivity contribution in [3.05, 3.63) is 58.3 Å².